The molecule has 0 amide bonds. The Morgan fingerprint density at radius 2 is 0.661 bits per heavy atom. The van der Waals surface area contributed by atoms with Gasteiger partial charge in [-0.1, -0.05) is 115 Å². The summed E-state index contributed by atoms with van der Waals surface area (Å²) in [5.74, 6) is -1.42. The molecule has 2 aromatic heterocycles. The molecular weight excluding hydrogens is 779 g/mol. The molecule has 62 heavy (non-hydrogen) atoms. The molecule has 0 radical (unpaired) electrons. The molecule has 0 fully saturated rings. The summed E-state index contributed by atoms with van der Waals surface area (Å²) in [6.07, 6.45) is 0. The second kappa shape index (κ2) is 14.5. The third-order valence-corrected chi connectivity index (χ3v) is 11.9. The summed E-state index contributed by atoms with van der Waals surface area (Å²) in [6.45, 7) is 0. The maximum Gasteiger partial charge on any atom is 0.131 e. The monoisotopic (exact) mass is 809 g/mol. The van der Waals surface area contributed by atoms with Crippen LogP contribution >= 0.6 is 0 Å². The lowest BCUT2D eigenvalue weighted by molar-refractivity contribution is 0.631. The largest absolute Gasteiger partial charge is 0.308 e. The molecule has 0 bridgehead atoms. The summed E-state index contributed by atoms with van der Waals surface area (Å²) in [5, 5.41) is 14.6. The highest BCUT2D eigenvalue weighted by atomic mass is 19.1. The smallest absolute Gasteiger partial charge is 0.131 e. The summed E-state index contributed by atoms with van der Waals surface area (Å²) in [4.78, 5) is 0. The predicted octanol–water partition coefficient (Wildman–Crippen LogP) is 15.0. The molecular formula is C55H31F4N3. The van der Waals surface area contributed by atoms with Gasteiger partial charge in [0.05, 0.1) is 33.4 Å². The maximum atomic E-state index is 15.3. The molecule has 11 rings (SSSR count). The Bertz CT molecular complexity index is 3430. The minimum atomic E-state index is -0.365. The molecule has 11 aromatic rings. The van der Waals surface area contributed by atoms with E-state index in [0.717, 1.165) is 43.6 Å². The van der Waals surface area contributed by atoms with Crippen LogP contribution in [0.1, 0.15) is 5.56 Å². The molecule has 0 saturated heterocycles. The Kier molecular flexibility index (Phi) is 8.62. The van der Waals surface area contributed by atoms with E-state index < -0.39 is 0 Å². The molecule has 0 saturated carbocycles. The van der Waals surface area contributed by atoms with Crippen LogP contribution in [0.2, 0.25) is 0 Å². The van der Waals surface area contributed by atoms with Crippen molar-refractivity contribution in [1.29, 1.82) is 5.26 Å². The van der Waals surface area contributed by atoms with Gasteiger partial charge in [-0.15, -0.1) is 0 Å². The Balaban J connectivity index is 1.21. The molecule has 0 unspecified atom stereocenters. The molecule has 9 aromatic carbocycles. The Morgan fingerprint density at radius 1 is 0.323 bits per heavy atom. The third kappa shape index (κ3) is 5.80. The fourth-order valence-electron chi connectivity index (χ4n) is 9.03. The Labute approximate surface area is 353 Å². The first kappa shape index (κ1) is 36.8. The minimum absolute atomic E-state index is 0.342. The van der Waals surface area contributed by atoms with E-state index in [1.807, 2.05) is 100 Å². The minimum Gasteiger partial charge on any atom is -0.308 e. The number of halogens is 4. The Hall–Kier alpha value is -8.21. The zero-order valence-electron chi connectivity index (χ0n) is 32.8. The number of aromatic nitrogens is 2. The van der Waals surface area contributed by atoms with Crippen LogP contribution in [-0.4, -0.2) is 9.13 Å². The van der Waals surface area contributed by atoms with E-state index in [2.05, 4.69) is 6.07 Å². The van der Waals surface area contributed by atoms with Crippen molar-refractivity contribution in [3.63, 3.8) is 0 Å². The van der Waals surface area contributed by atoms with Gasteiger partial charge >= 0.3 is 0 Å². The number of rotatable bonds is 6. The van der Waals surface area contributed by atoms with Crippen LogP contribution in [0.15, 0.2) is 188 Å². The second-order valence-electron chi connectivity index (χ2n) is 15.3. The molecule has 0 N–H and O–H groups in total. The van der Waals surface area contributed by atoms with E-state index >= 15 is 17.6 Å². The van der Waals surface area contributed by atoms with Gasteiger partial charge in [0.2, 0.25) is 0 Å². The summed E-state index contributed by atoms with van der Waals surface area (Å²) < 4.78 is 65.1. The maximum absolute atomic E-state index is 15.3. The first-order valence-electron chi connectivity index (χ1n) is 20.1. The molecule has 3 nitrogen and oxygen atoms in total. The van der Waals surface area contributed by atoms with Crippen molar-refractivity contribution in [2.75, 3.05) is 0 Å². The average molecular weight is 810 g/mol. The highest BCUT2D eigenvalue weighted by molar-refractivity contribution is 6.13. The molecule has 0 spiro atoms. The quantitative estimate of drug-likeness (QED) is 0.154. The third-order valence-electron chi connectivity index (χ3n) is 11.9. The van der Waals surface area contributed by atoms with Crippen LogP contribution in [0.4, 0.5) is 17.6 Å². The van der Waals surface area contributed by atoms with Crippen LogP contribution < -0.4 is 0 Å². The van der Waals surface area contributed by atoms with E-state index in [1.165, 1.54) is 24.3 Å². The van der Waals surface area contributed by atoms with Gasteiger partial charge in [-0.25, -0.2) is 17.6 Å². The number of fused-ring (bicyclic) bond motifs is 6. The van der Waals surface area contributed by atoms with E-state index in [9.17, 15) is 5.26 Å². The van der Waals surface area contributed by atoms with Crippen molar-refractivity contribution in [2.24, 2.45) is 0 Å². The second-order valence-corrected chi connectivity index (χ2v) is 15.3. The van der Waals surface area contributed by atoms with Gasteiger partial charge in [-0.05, 0) is 95.1 Å². The first-order valence-corrected chi connectivity index (χ1v) is 20.1. The standard InChI is InChI=1S/C55H31F4N3/c56-46-14-5-1-10-37(46)33-22-26-52-43(28-33)41-24-20-35(39-12-3-7-16-48(39)58)30-54(41)61(52)50-18-9-19-51(45(50)32-60)62-53-27-23-34(38-11-2-6-15-47(38)57)29-44(53)42-25-21-36(31-55(42)62)40-13-4-8-17-49(40)59/h1-31H. The normalized spacial score (nSPS) is 11.5. The SMILES string of the molecule is N#Cc1c(-n2c3ccc(-c4ccccc4F)cc3c3ccc(-c4ccccc4F)cc32)cccc1-n1c2ccc(-c3ccccc3F)cc2c2ccc(-c3ccccc3F)cc21. The number of benzene rings is 9. The molecule has 0 atom stereocenters. The molecule has 0 aliphatic rings. The molecule has 0 aliphatic carbocycles. The van der Waals surface area contributed by atoms with E-state index in [4.69, 9.17) is 0 Å². The molecule has 2 heterocycles. The summed E-state index contributed by atoms with van der Waals surface area (Å²) in [6, 6.07) is 57.7. The van der Waals surface area contributed by atoms with Gasteiger partial charge in [0.1, 0.15) is 34.9 Å². The highest BCUT2D eigenvalue weighted by Gasteiger charge is 2.23. The van der Waals surface area contributed by atoms with E-state index in [-0.39, 0.29) is 23.3 Å². The van der Waals surface area contributed by atoms with Gasteiger partial charge in [-0.3, -0.25) is 0 Å². The van der Waals surface area contributed by atoms with Gasteiger partial charge in [0.25, 0.3) is 0 Å². The van der Waals surface area contributed by atoms with Gasteiger partial charge < -0.3 is 9.13 Å². The van der Waals surface area contributed by atoms with Crippen LogP contribution in [0.3, 0.4) is 0 Å². The molecule has 7 heteroatoms. The van der Waals surface area contributed by atoms with Gasteiger partial charge in [0.15, 0.2) is 0 Å². The lowest BCUT2D eigenvalue weighted by atomic mass is 10.0. The van der Waals surface area contributed by atoms with Gasteiger partial charge in [-0.2, -0.15) is 5.26 Å². The van der Waals surface area contributed by atoms with Crippen molar-refractivity contribution in [2.45, 2.75) is 0 Å². The van der Waals surface area contributed by atoms with Crippen molar-refractivity contribution in [3.05, 3.63) is 217 Å². The number of hydrogen-bond acceptors (Lipinski definition) is 1. The first-order chi connectivity index (χ1) is 30.4. The number of nitrogens with zero attached hydrogens (tertiary/aromatic N) is 3. The fourth-order valence-corrected chi connectivity index (χ4v) is 9.03. The van der Waals surface area contributed by atoms with Crippen LogP contribution in [0, 0.1) is 34.6 Å². The number of nitriles is 1. The summed E-state index contributed by atoms with van der Waals surface area (Å²) >= 11 is 0. The van der Waals surface area contributed by atoms with Crippen molar-refractivity contribution >= 4 is 43.6 Å². The van der Waals surface area contributed by atoms with Crippen molar-refractivity contribution in [3.8, 4) is 62.0 Å². The fraction of sp³-hybridized carbons (Fsp3) is 0. The van der Waals surface area contributed by atoms with E-state index in [0.29, 0.717) is 61.4 Å². The molecule has 0 aliphatic heterocycles. The zero-order valence-corrected chi connectivity index (χ0v) is 32.8. The van der Waals surface area contributed by atoms with Gasteiger partial charge in [0, 0.05) is 43.8 Å². The highest BCUT2D eigenvalue weighted by Crippen LogP contribution is 2.42. The van der Waals surface area contributed by atoms with Crippen LogP contribution in [-0.2, 0) is 0 Å². The lowest BCUT2D eigenvalue weighted by Crippen LogP contribution is -2.04. The van der Waals surface area contributed by atoms with Crippen molar-refractivity contribution < 1.29 is 17.6 Å². The molecule has 294 valence electrons. The lowest BCUT2D eigenvalue weighted by Gasteiger charge is -2.16. The topological polar surface area (TPSA) is 33.6 Å². The number of hydrogen-bond donors (Lipinski definition) is 0. The summed E-state index contributed by atoms with van der Waals surface area (Å²) in [7, 11) is 0. The van der Waals surface area contributed by atoms with Crippen LogP contribution in [0.25, 0.3) is 99.5 Å². The average Bonchev–Trinajstić information content (AvgIpc) is 3.80. The zero-order chi connectivity index (χ0) is 42.1. The predicted molar refractivity (Wildman–Crippen MR) is 241 cm³/mol. The Morgan fingerprint density at radius 3 is 1.02 bits per heavy atom. The van der Waals surface area contributed by atoms with Crippen LogP contribution in [0.5, 0.6) is 0 Å². The van der Waals surface area contributed by atoms with E-state index in [1.54, 1.807) is 72.8 Å². The van der Waals surface area contributed by atoms with Crippen molar-refractivity contribution in [1.82, 2.24) is 9.13 Å². The summed E-state index contributed by atoms with van der Waals surface area (Å²) in [5.41, 5.74) is 8.89.